The van der Waals surface area contributed by atoms with Gasteiger partial charge in [-0.15, -0.1) is 0 Å². The van der Waals surface area contributed by atoms with Crippen molar-refractivity contribution < 1.29 is 22.6 Å². The summed E-state index contributed by atoms with van der Waals surface area (Å²) in [5.41, 5.74) is -0.814. The van der Waals surface area contributed by atoms with Gasteiger partial charge in [0.25, 0.3) is 0 Å². The van der Waals surface area contributed by atoms with E-state index in [1.165, 1.54) is 18.2 Å². The molecule has 1 aliphatic carbocycles. The molecular formula is C13H15F3O2. The maximum absolute atomic E-state index is 13.1. The molecule has 0 amide bonds. The van der Waals surface area contributed by atoms with Crippen LogP contribution in [0.5, 0.6) is 11.5 Å². The van der Waals surface area contributed by atoms with Crippen LogP contribution in [0.2, 0.25) is 0 Å². The second-order valence-corrected chi connectivity index (χ2v) is 4.61. The Bertz CT molecular complexity index is 400. The third-order valence-corrected chi connectivity index (χ3v) is 2.45. The first kappa shape index (κ1) is 13.1. The predicted octanol–water partition coefficient (Wildman–Crippen LogP) is 4.03. The van der Waals surface area contributed by atoms with Crippen molar-refractivity contribution in [2.75, 3.05) is 0 Å². The van der Waals surface area contributed by atoms with Crippen molar-refractivity contribution in [2.24, 2.45) is 0 Å². The minimum absolute atomic E-state index is 0.0830. The van der Waals surface area contributed by atoms with Crippen LogP contribution < -0.4 is 9.47 Å². The van der Waals surface area contributed by atoms with E-state index >= 15 is 0 Å². The number of alkyl halides is 3. The lowest BCUT2D eigenvalue weighted by molar-refractivity contribution is -0.140. The highest BCUT2D eigenvalue weighted by Crippen LogP contribution is 2.44. The lowest BCUT2D eigenvalue weighted by Gasteiger charge is -2.19. The van der Waals surface area contributed by atoms with E-state index in [2.05, 4.69) is 0 Å². The van der Waals surface area contributed by atoms with E-state index < -0.39 is 11.7 Å². The largest absolute Gasteiger partial charge is 0.490 e. The van der Waals surface area contributed by atoms with Gasteiger partial charge in [-0.05, 0) is 38.8 Å². The lowest BCUT2D eigenvalue weighted by atomic mass is 10.1. The summed E-state index contributed by atoms with van der Waals surface area (Å²) in [6, 6.07) is 4.18. The summed E-state index contributed by atoms with van der Waals surface area (Å²) < 4.78 is 49.7. The van der Waals surface area contributed by atoms with E-state index in [4.69, 9.17) is 9.47 Å². The smallest absolute Gasteiger partial charge is 0.423 e. The summed E-state index contributed by atoms with van der Waals surface area (Å²) in [5, 5.41) is 0. The molecule has 18 heavy (non-hydrogen) atoms. The standard InChI is InChI=1S/C13H15F3O2/c1-8(2)17-10-4-3-5-11(18-9-6-7-9)12(10)13(14,15)16/h3-5,8-9H,6-7H2,1-2H3. The molecule has 1 aliphatic rings. The molecule has 2 nitrogen and oxygen atoms in total. The molecule has 0 unspecified atom stereocenters. The zero-order valence-electron chi connectivity index (χ0n) is 10.3. The number of hydrogen-bond donors (Lipinski definition) is 0. The van der Waals surface area contributed by atoms with Crippen molar-refractivity contribution in [1.29, 1.82) is 0 Å². The van der Waals surface area contributed by atoms with Crippen molar-refractivity contribution in [3.05, 3.63) is 23.8 Å². The van der Waals surface area contributed by atoms with Crippen molar-refractivity contribution in [2.45, 2.75) is 45.1 Å². The fourth-order valence-corrected chi connectivity index (χ4v) is 1.61. The van der Waals surface area contributed by atoms with Gasteiger partial charge in [0.05, 0.1) is 12.2 Å². The van der Waals surface area contributed by atoms with Crippen LogP contribution in [-0.4, -0.2) is 12.2 Å². The molecule has 0 radical (unpaired) electrons. The molecule has 100 valence electrons. The van der Waals surface area contributed by atoms with Gasteiger partial charge in [0.1, 0.15) is 17.1 Å². The molecule has 0 bridgehead atoms. The first-order valence-electron chi connectivity index (χ1n) is 5.91. The quantitative estimate of drug-likeness (QED) is 0.813. The first-order chi connectivity index (χ1) is 8.38. The topological polar surface area (TPSA) is 18.5 Å². The molecule has 0 aromatic heterocycles. The molecule has 0 heterocycles. The van der Waals surface area contributed by atoms with Crippen LogP contribution in [0.1, 0.15) is 32.3 Å². The SMILES string of the molecule is CC(C)Oc1cccc(OC2CC2)c1C(F)(F)F. The summed E-state index contributed by atoms with van der Waals surface area (Å²) in [7, 11) is 0. The Hall–Kier alpha value is -1.39. The van der Waals surface area contributed by atoms with E-state index in [1.54, 1.807) is 13.8 Å². The molecule has 1 aromatic carbocycles. The highest BCUT2D eigenvalue weighted by atomic mass is 19.4. The van der Waals surface area contributed by atoms with Gasteiger partial charge in [-0.2, -0.15) is 13.2 Å². The fraction of sp³-hybridized carbons (Fsp3) is 0.538. The third kappa shape index (κ3) is 3.09. The van der Waals surface area contributed by atoms with E-state index in [-0.39, 0.29) is 23.7 Å². The molecule has 2 rings (SSSR count). The minimum Gasteiger partial charge on any atom is -0.490 e. The second-order valence-electron chi connectivity index (χ2n) is 4.61. The van der Waals surface area contributed by atoms with Gasteiger partial charge in [0.2, 0.25) is 0 Å². The van der Waals surface area contributed by atoms with E-state index in [0.29, 0.717) is 0 Å². The summed E-state index contributed by atoms with van der Waals surface area (Å²) in [4.78, 5) is 0. The number of halogens is 3. The Labute approximate surface area is 104 Å². The lowest BCUT2D eigenvalue weighted by Crippen LogP contribution is -2.15. The molecule has 0 saturated heterocycles. The Morgan fingerprint density at radius 3 is 2.28 bits per heavy atom. The van der Waals surface area contributed by atoms with E-state index in [1.807, 2.05) is 0 Å². The van der Waals surface area contributed by atoms with Crippen LogP contribution >= 0.6 is 0 Å². The highest BCUT2D eigenvalue weighted by Gasteiger charge is 2.39. The Kier molecular flexibility index (Phi) is 3.41. The average Bonchev–Trinajstić information content (AvgIpc) is 2.98. The van der Waals surface area contributed by atoms with Gasteiger partial charge < -0.3 is 9.47 Å². The van der Waals surface area contributed by atoms with E-state index in [0.717, 1.165) is 12.8 Å². The minimum atomic E-state index is -4.48. The van der Waals surface area contributed by atoms with Crippen LogP contribution in [0.25, 0.3) is 0 Å². The summed E-state index contributed by atoms with van der Waals surface area (Å²) >= 11 is 0. The predicted molar refractivity (Wildman–Crippen MR) is 60.9 cm³/mol. The van der Waals surface area contributed by atoms with Crippen molar-refractivity contribution in [1.82, 2.24) is 0 Å². The molecular weight excluding hydrogens is 245 g/mol. The Balaban J connectivity index is 2.38. The van der Waals surface area contributed by atoms with Gasteiger partial charge in [0.15, 0.2) is 0 Å². The molecule has 0 spiro atoms. The first-order valence-corrected chi connectivity index (χ1v) is 5.91. The summed E-state index contributed by atoms with van der Waals surface area (Å²) in [6.45, 7) is 3.38. The van der Waals surface area contributed by atoms with Crippen LogP contribution in [0, 0.1) is 0 Å². The van der Waals surface area contributed by atoms with Crippen LogP contribution in [0.3, 0.4) is 0 Å². The highest BCUT2D eigenvalue weighted by molar-refractivity contribution is 5.47. The van der Waals surface area contributed by atoms with Gasteiger partial charge >= 0.3 is 6.18 Å². The van der Waals surface area contributed by atoms with E-state index in [9.17, 15) is 13.2 Å². The fourth-order valence-electron chi connectivity index (χ4n) is 1.61. The maximum atomic E-state index is 13.1. The normalized spacial score (nSPS) is 15.9. The molecule has 0 atom stereocenters. The average molecular weight is 260 g/mol. The van der Waals surface area contributed by atoms with Crippen LogP contribution in [-0.2, 0) is 6.18 Å². The molecule has 1 saturated carbocycles. The van der Waals surface area contributed by atoms with Gasteiger partial charge in [-0.1, -0.05) is 6.07 Å². The number of benzene rings is 1. The Morgan fingerprint density at radius 2 is 1.78 bits per heavy atom. The van der Waals surface area contributed by atoms with Crippen LogP contribution in [0.4, 0.5) is 13.2 Å². The number of rotatable bonds is 4. The molecule has 1 aromatic rings. The molecule has 0 aliphatic heterocycles. The molecule has 0 N–H and O–H groups in total. The van der Waals surface area contributed by atoms with Crippen molar-refractivity contribution in [3.8, 4) is 11.5 Å². The van der Waals surface area contributed by atoms with Crippen molar-refractivity contribution in [3.63, 3.8) is 0 Å². The number of hydrogen-bond acceptors (Lipinski definition) is 2. The van der Waals surface area contributed by atoms with Gasteiger partial charge in [-0.3, -0.25) is 0 Å². The zero-order chi connectivity index (χ0) is 13.3. The maximum Gasteiger partial charge on any atom is 0.423 e. The third-order valence-electron chi connectivity index (χ3n) is 2.45. The van der Waals surface area contributed by atoms with Crippen LogP contribution in [0.15, 0.2) is 18.2 Å². The van der Waals surface area contributed by atoms with Crippen molar-refractivity contribution >= 4 is 0 Å². The molecule has 1 fully saturated rings. The molecule has 5 heteroatoms. The zero-order valence-corrected chi connectivity index (χ0v) is 10.3. The summed E-state index contributed by atoms with van der Waals surface area (Å²) in [5.74, 6) is -0.307. The monoisotopic (exact) mass is 260 g/mol. The summed E-state index contributed by atoms with van der Waals surface area (Å²) in [6.07, 6.45) is -3.25. The number of ether oxygens (including phenoxy) is 2. The van der Waals surface area contributed by atoms with Gasteiger partial charge in [0, 0.05) is 0 Å². The Morgan fingerprint density at radius 1 is 1.17 bits per heavy atom. The van der Waals surface area contributed by atoms with Gasteiger partial charge in [-0.25, -0.2) is 0 Å². The second kappa shape index (κ2) is 4.71.